The number of anilines is 1. The molecule has 0 aromatic carbocycles. The molecule has 0 fully saturated rings. The molecule has 0 unspecified atom stereocenters. The summed E-state index contributed by atoms with van der Waals surface area (Å²) in [5.74, 6) is 1.52. The average molecular weight is 266 g/mol. The van der Waals surface area contributed by atoms with E-state index in [1.807, 2.05) is 13.0 Å². The van der Waals surface area contributed by atoms with E-state index in [1.165, 1.54) is 0 Å². The topological polar surface area (TPSA) is 76.1 Å². The molecule has 6 heteroatoms. The lowest BCUT2D eigenvalue weighted by Gasteiger charge is -2.08. The molecule has 1 amide bonds. The van der Waals surface area contributed by atoms with E-state index in [-0.39, 0.29) is 5.91 Å². The SMILES string of the molecule is CCc1cc(NCCC(=O)NCCOC)nc(C)n1. The van der Waals surface area contributed by atoms with Gasteiger partial charge in [-0.3, -0.25) is 4.79 Å². The largest absolute Gasteiger partial charge is 0.383 e. The molecule has 0 saturated heterocycles. The van der Waals surface area contributed by atoms with Crippen LogP contribution in [-0.2, 0) is 16.0 Å². The summed E-state index contributed by atoms with van der Waals surface area (Å²) in [6.07, 6.45) is 1.28. The molecule has 0 aliphatic heterocycles. The van der Waals surface area contributed by atoms with Gasteiger partial charge in [0.25, 0.3) is 0 Å². The standard InChI is InChI=1S/C13H22N4O2/c1-4-11-9-12(17-10(2)16-11)14-6-5-13(18)15-7-8-19-3/h9H,4-8H2,1-3H3,(H,15,18)(H,14,16,17). The number of nitrogens with one attached hydrogen (secondary N) is 2. The van der Waals surface area contributed by atoms with Crippen molar-refractivity contribution in [3.63, 3.8) is 0 Å². The zero-order valence-corrected chi connectivity index (χ0v) is 11.8. The van der Waals surface area contributed by atoms with Crippen molar-refractivity contribution in [1.29, 1.82) is 0 Å². The number of hydrogen-bond acceptors (Lipinski definition) is 5. The molecular formula is C13H22N4O2. The van der Waals surface area contributed by atoms with Crippen LogP contribution in [0.3, 0.4) is 0 Å². The second-order valence-corrected chi connectivity index (χ2v) is 4.16. The van der Waals surface area contributed by atoms with Gasteiger partial charge >= 0.3 is 0 Å². The van der Waals surface area contributed by atoms with Crippen LogP contribution in [0.15, 0.2) is 6.07 Å². The maximum absolute atomic E-state index is 11.5. The maximum atomic E-state index is 11.5. The van der Waals surface area contributed by atoms with Gasteiger partial charge in [0, 0.05) is 38.4 Å². The summed E-state index contributed by atoms with van der Waals surface area (Å²) < 4.78 is 4.86. The lowest BCUT2D eigenvalue weighted by molar-refractivity contribution is -0.121. The lowest BCUT2D eigenvalue weighted by Crippen LogP contribution is -2.28. The summed E-state index contributed by atoms with van der Waals surface area (Å²) in [5, 5.41) is 5.91. The van der Waals surface area contributed by atoms with Gasteiger partial charge in [-0.05, 0) is 13.3 Å². The second kappa shape index (κ2) is 8.42. The van der Waals surface area contributed by atoms with E-state index in [0.29, 0.717) is 26.1 Å². The molecule has 1 heterocycles. The van der Waals surface area contributed by atoms with Crippen LogP contribution in [0.4, 0.5) is 5.82 Å². The first kappa shape index (κ1) is 15.4. The number of carbonyl (C=O) groups is 1. The second-order valence-electron chi connectivity index (χ2n) is 4.16. The van der Waals surface area contributed by atoms with Crippen LogP contribution in [0, 0.1) is 6.92 Å². The van der Waals surface area contributed by atoms with Crippen LogP contribution in [0.25, 0.3) is 0 Å². The van der Waals surface area contributed by atoms with E-state index in [4.69, 9.17) is 4.74 Å². The molecule has 0 saturated carbocycles. The van der Waals surface area contributed by atoms with Crippen LogP contribution in [0.1, 0.15) is 24.9 Å². The highest BCUT2D eigenvalue weighted by Gasteiger charge is 2.03. The van der Waals surface area contributed by atoms with Crippen molar-refractivity contribution in [2.75, 3.05) is 32.1 Å². The Bertz CT molecular complexity index is 410. The molecule has 0 aliphatic carbocycles. The van der Waals surface area contributed by atoms with Crippen molar-refractivity contribution >= 4 is 11.7 Å². The Morgan fingerprint density at radius 3 is 2.84 bits per heavy atom. The minimum atomic E-state index is 0.00560. The number of ether oxygens (including phenoxy) is 1. The molecule has 6 nitrogen and oxygen atoms in total. The number of carbonyl (C=O) groups excluding carboxylic acids is 1. The molecule has 0 spiro atoms. The highest BCUT2D eigenvalue weighted by molar-refractivity contribution is 5.76. The minimum absolute atomic E-state index is 0.00560. The van der Waals surface area contributed by atoms with E-state index in [0.717, 1.165) is 23.8 Å². The first-order chi connectivity index (χ1) is 9.15. The predicted octanol–water partition coefficient (Wildman–Crippen LogP) is 0.912. The fourth-order valence-corrected chi connectivity index (χ4v) is 1.59. The molecule has 1 aromatic heterocycles. The molecule has 0 radical (unpaired) electrons. The smallest absolute Gasteiger partial charge is 0.221 e. The van der Waals surface area contributed by atoms with Gasteiger partial charge in [-0.1, -0.05) is 6.92 Å². The van der Waals surface area contributed by atoms with Gasteiger partial charge in [-0.2, -0.15) is 0 Å². The molecular weight excluding hydrogens is 244 g/mol. The predicted molar refractivity (Wildman–Crippen MR) is 74.1 cm³/mol. The van der Waals surface area contributed by atoms with Gasteiger partial charge in [-0.25, -0.2) is 9.97 Å². The van der Waals surface area contributed by atoms with Gasteiger partial charge in [0.05, 0.1) is 6.61 Å². The highest BCUT2D eigenvalue weighted by Crippen LogP contribution is 2.06. The molecule has 0 bridgehead atoms. The van der Waals surface area contributed by atoms with Crippen molar-refractivity contribution in [3.8, 4) is 0 Å². The number of nitrogens with zero attached hydrogens (tertiary/aromatic N) is 2. The Morgan fingerprint density at radius 2 is 2.16 bits per heavy atom. The van der Waals surface area contributed by atoms with E-state index >= 15 is 0 Å². The lowest BCUT2D eigenvalue weighted by atomic mass is 10.3. The van der Waals surface area contributed by atoms with Gasteiger partial charge < -0.3 is 15.4 Å². The van der Waals surface area contributed by atoms with Gasteiger partial charge in [-0.15, -0.1) is 0 Å². The van der Waals surface area contributed by atoms with E-state index in [2.05, 4.69) is 27.5 Å². The maximum Gasteiger partial charge on any atom is 0.221 e. The van der Waals surface area contributed by atoms with Crippen molar-refractivity contribution < 1.29 is 9.53 Å². The first-order valence-electron chi connectivity index (χ1n) is 6.49. The number of amides is 1. The van der Waals surface area contributed by atoms with Gasteiger partial charge in [0.15, 0.2) is 0 Å². The van der Waals surface area contributed by atoms with Crippen LogP contribution >= 0.6 is 0 Å². The summed E-state index contributed by atoms with van der Waals surface area (Å²) in [7, 11) is 1.61. The Hall–Kier alpha value is -1.69. The molecule has 19 heavy (non-hydrogen) atoms. The minimum Gasteiger partial charge on any atom is -0.383 e. The first-order valence-corrected chi connectivity index (χ1v) is 6.49. The third-order valence-electron chi connectivity index (χ3n) is 2.54. The number of hydrogen-bond donors (Lipinski definition) is 2. The number of aromatic nitrogens is 2. The third-order valence-corrected chi connectivity index (χ3v) is 2.54. The summed E-state index contributed by atoms with van der Waals surface area (Å²) in [6, 6.07) is 1.91. The Kier molecular flexibility index (Phi) is 6.81. The van der Waals surface area contributed by atoms with Crippen LogP contribution in [0.2, 0.25) is 0 Å². The summed E-state index contributed by atoms with van der Waals surface area (Å²) >= 11 is 0. The molecule has 106 valence electrons. The van der Waals surface area contributed by atoms with Gasteiger partial charge in [0.2, 0.25) is 5.91 Å². The zero-order chi connectivity index (χ0) is 14.1. The van der Waals surface area contributed by atoms with Crippen molar-refractivity contribution in [1.82, 2.24) is 15.3 Å². The van der Waals surface area contributed by atoms with E-state index in [9.17, 15) is 4.79 Å². The molecule has 1 rings (SSSR count). The Balaban J connectivity index is 2.32. The fourth-order valence-electron chi connectivity index (χ4n) is 1.59. The Labute approximate surface area is 114 Å². The quantitative estimate of drug-likeness (QED) is 0.684. The Morgan fingerprint density at radius 1 is 1.37 bits per heavy atom. The summed E-state index contributed by atoms with van der Waals surface area (Å²) in [5.41, 5.74) is 1.000. The van der Waals surface area contributed by atoms with Crippen molar-refractivity contribution in [2.45, 2.75) is 26.7 Å². The summed E-state index contributed by atoms with van der Waals surface area (Å²) in [6.45, 7) is 5.54. The zero-order valence-electron chi connectivity index (χ0n) is 11.8. The monoisotopic (exact) mass is 266 g/mol. The van der Waals surface area contributed by atoms with E-state index in [1.54, 1.807) is 7.11 Å². The number of methoxy groups -OCH3 is 1. The van der Waals surface area contributed by atoms with Crippen molar-refractivity contribution in [3.05, 3.63) is 17.6 Å². The normalized spacial score (nSPS) is 10.3. The molecule has 0 atom stereocenters. The van der Waals surface area contributed by atoms with Crippen molar-refractivity contribution in [2.24, 2.45) is 0 Å². The van der Waals surface area contributed by atoms with E-state index < -0.39 is 0 Å². The fraction of sp³-hybridized carbons (Fsp3) is 0.615. The van der Waals surface area contributed by atoms with Gasteiger partial charge in [0.1, 0.15) is 11.6 Å². The average Bonchev–Trinajstić information content (AvgIpc) is 2.38. The van der Waals surface area contributed by atoms with Crippen LogP contribution in [-0.4, -0.2) is 42.7 Å². The van der Waals surface area contributed by atoms with Crippen LogP contribution < -0.4 is 10.6 Å². The molecule has 1 aromatic rings. The van der Waals surface area contributed by atoms with Crippen LogP contribution in [0.5, 0.6) is 0 Å². The number of aryl methyl sites for hydroxylation is 2. The third kappa shape index (κ3) is 6.15. The number of rotatable bonds is 8. The highest BCUT2D eigenvalue weighted by atomic mass is 16.5. The summed E-state index contributed by atoms with van der Waals surface area (Å²) in [4.78, 5) is 20.0. The molecule has 0 aliphatic rings. The molecule has 2 N–H and O–H groups in total.